The second kappa shape index (κ2) is 9.15. The fraction of sp³-hybridized carbons (Fsp3) is 0.440. The molecule has 1 aromatic heterocycles. The van der Waals surface area contributed by atoms with E-state index in [-0.39, 0.29) is 5.75 Å². The van der Waals surface area contributed by atoms with Gasteiger partial charge in [0.25, 0.3) is 0 Å². The highest BCUT2D eigenvalue weighted by Gasteiger charge is 2.29. The van der Waals surface area contributed by atoms with Crippen LogP contribution in [0.3, 0.4) is 0 Å². The van der Waals surface area contributed by atoms with Gasteiger partial charge in [0.05, 0.1) is 5.75 Å². The number of H-pyrrole nitrogens is 1. The van der Waals surface area contributed by atoms with Crippen molar-refractivity contribution in [2.45, 2.75) is 32.1 Å². The number of hydrogen-bond acceptors (Lipinski definition) is 3. The lowest BCUT2D eigenvalue weighted by molar-refractivity contribution is 0.319. The monoisotopic (exact) mass is 439 g/mol. The first-order valence-corrected chi connectivity index (χ1v) is 12.7. The molecule has 1 aliphatic rings. The van der Waals surface area contributed by atoms with Gasteiger partial charge in [-0.05, 0) is 81.6 Å². The molecule has 0 bridgehead atoms. The zero-order valence-electron chi connectivity index (χ0n) is 18.8. The zero-order chi connectivity index (χ0) is 22.0. The number of aromatic nitrogens is 1. The molecule has 0 radical (unpaired) electrons. The van der Waals surface area contributed by atoms with Gasteiger partial charge in [0, 0.05) is 30.2 Å². The normalized spacial score (nSPS) is 16.4. The van der Waals surface area contributed by atoms with Crippen LogP contribution in [0.2, 0.25) is 0 Å². The molecular formula is C25H33N3O2S. The highest BCUT2D eigenvalue weighted by molar-refractivity contribution is 7.89. The van der Waals surface area contributed by atoms with E-state index >= 15 is 0 Å². The Kier molecular flexibility index (Phi) is 6.51. The predicted octanol–water partition coefficient (Wildman–Crippen LogP) is 4.60. The van der Waals surface area contributed by atoms with E-state index in [0.29, 0.717) is 25.4 Å². The minimum absolute atomic E-state index is 0.239. The van der Waals surface area contributed by atoms with Crippen LogP contribution < -0.4 is 0 Å². The largest absolute Gasteiger partial charge is 0.361 e. The molecule has 2 heterocycles. The quantitative estimate of drug-likeness (QED) is 0.585. The second-order valence-corrected chi connectivity index (χ2v) is 11.1. The lowest BCUT2D eigenvalue weighted by atomic mass is 9.89. The second-order valence-electron chi connectivity index (χ2n) is 9.02. The minimum atomic E-state index is -3.16. The Labute approximate surface area is 186 Å². The Hall–Kier alpha value is -2.15. The van der Waals surface area contributed by atoms with Gasteiger partial charge in [-0.15, -0.1) is 0 Å². The summed E-state index contributed by atoms with van der Waals surface area (Å²) in [6.07, 6.45) is 4.54. The fourth-order valence-electron chi connectivity index (χ4n) is 4.54. The molecule has 2 aromatic carbocycles. The van der Waals surface area contributed by atoms with E-state index in [0.717, 1.165) is 24.9 Å². The topological polar surface area (TPSA) is 56.4 Å². The Morgan fingerprint density at radius 2 is 1.71 bits per heavy atom. The molecule has 0 saturated carbocycles. The van der Waals surface area contributed by atoms with Gasteiger partial charge in [-0.3, -0.25) is 0 Å². The third-order valence-corrected chi connectivity index (χ3v) is 8.35. The summed E-state index contributed by atoms with van der Waals surface area (Å²) < 4.78 is 27.1. The van der Waals surface area contributed by atoms with Gasteiger partial charge in [0.15, 0.2) is 0 Å². The van der Waals surface area contributed by atoms with Crippen molar-refractivity contribution in [3.63, 3.8) is 0 Å². The van der Waals surface area contributed by atoms with E-state index < -0.39 is 10.0 Å². The van der Waals surface area contributed by atoms with Crippen LogP contribution in [0, 0.1) is 6.92 Å². The number of aromatic amines is 1. The van der Waals surface area contributed by atoms with Gasteiger partial charge < -0.3 is 9.88 Å². The average Bonchev–Trinajstić information content (AvgIpc) is 3.17. The Bertz CT molecular complexity index is 1130. The SMILES string of the molecule is Cc1ccc(-c2ccc3[nH]cc(C4CCN(S(=O)(=O)CCCN(C)C)CC4)c3c2)cc1. The highest BCUT2D eigenvalue weighted by Crippen LogP contribution is 2.35. The first-order chi connectivity index (χ1) is 14.8. The Balaban J connectivity index is 1.48. The lowest BCUT2D eigenvalue weighted by Crippen LogP contribution is -2.39. The van der Waals surface area contributed by atoms with E-state index in [4.69, 9.17) is 0 Å². The van der Waals surface area contributed by atoms with Crippen LogP contribution in [0.5, 0.6) is 0 Å². The van der Waals surface area contributed by atoms with Crippen molar-refractivity contribution in [3.8, 4) is 11.1 Å². The van der Waals surface area contributed by atoms with E-state index in [2.05, 4.69) is 60.6 Å². The van der Waals surface area contributed by atoms with Gasteiger partial charge in [0.2, 0.25) is 10.0 Å². The van der Waals surface area contributed by atoms with Crippen molar-refractivity contribution in [1.29, 1.82) is 0 Å². The van der Waals surface area contributed by atoms with E-state index in [1.165, 1.54) is 27.6 Å². The van der Waals surface area contributed by atoms with Crippen LogP contribution in [-0.4, -0.2) is 62.1 Å². The number of rotatable bonds is 7. The third kappa shape index (κ3) is 5.03. The van der Waals surface area contributed by atoms with Gasteiger partial charge in [-0.25, -0.2) is 12.7 Å². The molecule has 31 heavy (non-hydrogen) atoms. The maximum atomic E-state index is 12.7. The molecule has 1 saturated heterocycles. The molecular weight excluding hydrogens is 406 g/mol. The molecule has 0 spiro atoms. The maximum Gasteiger partial charge on any atom is 0.214 e. The standard InChI is InChI=1S/C25H33N3O2S/c1-19-5-7-20(8-6-19)22-9-10-25-23(17-22)24(18-26-25)21-11-14-28(15-12-21)31(29,30)16-4-13-27(2)3/h5-10,17-18,21,26H,4,11-16H2,1-3H3. The molecule has 0 amide bonds. The summed E-state index contributed by atoms with van der Waals surface area (Å²) in [6, 6.07) is 15.2. The van der Waals surface area contributed by atoms with Crippen molar-refractivity contribution in [3.05, 3.63) is 59.8 Å². The van der Waals surface area contributed by atoms with Crippen molar-refractivity contribution in [2.75, 3.05) is 39.5 Å². The minimum Gasteiger partial charge on any atom is -0.361 e. The maximum absolute atomic E-state index is 12.7. The van der Waals surface area contributed by atoms with Crippen LogP contribution in [0.1, 0.15) is 36.3 Å². The van der Waals surface area contributed by atoms with E-state index in [9.17, 15) is 8.42 Å². The van der Waals surface area contributed by atoms with Crippen LogP contribution in [-0.2, 0) is 10.0 Å². The first-order valence-electron chi connectivity index (χ1n) is 11.1. The molecule has 1 N–H and O–H groups in total. The molecule has 166 valence electrons. The van der Waals surface area contributed by atoms with Crippen molar-refractivity contribution >= 4 is 20.9 Å². The molecule has 1 aliphatic heterocycles. The molecule has 1 fully saturated rings. The van der Waals surface area contributed by atoms with Crippen LogP contribution >= 0.6 is 0 Å². The average molecular weight is 440 g/mol. The van der Waals surface area contributed by atoms with Crippen molar-refractivity contribution < 1.29 is 8.42 Å². The number of fused-ring (bicyclic) bond motifs is 1. The van der Waals surface area contributed by atoms with Gasteiger partial charge in [0.1, 0.15) is 0 Å². The molecule has 0 unspecified atom stereocenters. The number of nitrogens with zero attached hydrogens (tertiary/aromatic N) is 2. The predicted molar refractivity (Wildman–Crippen MR) is 129 cm³/mol. The molecule has 6 heteroatoms. The van der Waals surface area contributed by atoms with Crippen LogP contribution in [0.25, 0.3) is 22.0 Å². The molecule has 5 nitrogen and oxygen atoms in total. The van der Waals surface area contributed by atoms with Crippen LogP contribution in [0.4, 0.5) is 0 Å². The first kappa shape index (κ1) is 22.1. The summed E-state index contributed by atoms with van der Waals surface area (Å²) in [7, 11) is 0.790. The zero-order valence-corrected chi connectivity index (χ0v) is 19.6. The Morgan fingerprint density at radius 3 is 2.39 bits per heavy atom. The summed E-state index contributed by atoms with van der Waals surface area (Å²) >= 11 is 0. The van der Waals surface area contributed by atoms with Gasteiger partial charge in [-0.2, -0.15) is 0 Å². The highest BCUT2D eigenvalue weighted by atomic mass is 32.2. The smallest absolute Gasteiger partial charge is 0.214 e. The van der Waals surface area contributed by atoms with Crippen molar-refractivity contribution in [2.24, 2.45) is 0 Å². The molecule has 0 aliphatic carbocycles. The fourth-order valence-corrected chi connectivity index (χ4v) is 6.06. The summed E-state index contributed by atoms with van der Waals surface area (Å²) in [6.45, 7) is 4.12. The number of benzene rings is 2. The van der Waals surface area contributed by atoms with Gasteiger partial charge in [-0.1, -0.05) is 35.9 Å². The number of piperidine rings is 1. The summed E-state index contributed by atoms with van der Waals surface area (Å²) in [5, 5.41) is 1.25. The lowest BCUT2D eigenvalue weighted by Gasteiger charge is -2.31. The number of hydrogen-bond donors (Lipinski definition) is 1. The van der Waals surface area contributed by atoms with Crippen molar-refractivity contribution in [1.82, 2.24) is 14.2 Å². The Morgan fingerprint density at radius 1 is 1.03 bits per heavy atom. The summed E-state index contributed by atoms with van der Waals surface area (Å²) in [5.41, 5.74) is 6.15. The molecule has 3 aromatic rings. The van der Waals surface area contributed by atoms with E-state index in [1.54, 1.807) is 4.31 Å². The summed E-state index contributed by atoms with van der Waals surface area (Å²) in [5.74, 6) is 0.623. The molecule has 4 rings (SSSR count). The number of aryl methyl sites for hydroxylation is 1. The van der Waals surface area contributed by atoms with Gasteiger partial charge >= 0.3 is 0 Å². The third-order valence-electron chi connectivity index (χ3n) is 6.39. The van der Waals surface area contributed by atoms with E-state index in [1.807, 2.05) is 19.0 Å². The number of nitrogens with one attached hydrogen (secondary N) is 1. The summed E-state index contributed by atoms with van der Waals surface area (Å²) in [4.78, 5) is 5.45. The van der Waals surface area contributed by atoms with Crippen LogP contribution in [0.15, 0.2) is 48.7 Å². The number of sulfonamides is 1. The molecule has 0 atom stereocenters.